The van der Waals surface area contributed by atoms with E-state index in [9.17, 15) is 4.79 Å². The molecule has 2 aromatic rings. The molecule has 1 atom stereocenters. The summed E-state index contributed by atoms with van der Waals surface area (Å²) < 4.78 is 6.22. The molecule has 25 heavy (non-hydrogen) atoms. The normalized spacial score (nSPS) is 20.3. The van der Waals surface area contributed by atoms with Crippen molar-refractivity contribution < 1.29 is 9.53 Å². The zero-order valence-corrected chi connectivity index (χ0v) is 14.4. The van der Waals surface area contributed by atoms with E-state index in [0.29, 0.717) is 18.8 Å². The van der Waals surface area contributed by atoms with Crippen molar-refractivity contribution in [2.75, 3.05) is 31.1 Å². The van der Waals surface area contributed by atoms with Gasteiger partial charge in [0.05, 0.1) is 12.7 Å². The molecule has 2 saturated heterocycles. The molecule has 1 amide bonds. The number of likely N-dealkylation sites (tertiary alicyclic amines) is 1. The number of carbonyl (C=O) groups is 1. The Hall–Kier alpha value is -2.57. The highest BCUT2D eigenvalue weighted by molar-refractivity contribution is 5.92. The molecule has 0 aromatic carbocycles. The first-order chi connectivity index (χ1) is 12.2. The number of rotatable bonds is 4. The number of nitrogens with zero attached hydrogens (tertiary/aromatic N) is 4. The summed E-state index contributed by atoms with van der Waals surface area (Å²) in [5, 5.41) is 0. The topological polar surface area (TPSA) is 74.4 Å². The molecule has 4 rings (SSSR count). The number of carbonyl (C=O) groups excluding carboxylic acids is 1. The molecule has 132 valence electrons. The summed E-state index contributed by atoms with van der Waals surface area (Å²) in [6.07, 6.45) is 6.63. The van der Waals surface area contributed by atoms with Crippen LogP contribution in [-0.2, 0) is 0 Å². The summed E-state index contributed by atoms with van der Waals surface area (Å²) in [6, 6.07) is 3.88. The Labute approximate surface area is 147 Å². The number of aromatic amines is 1. The monoisotopic (exact) mass is 341 g/mol. The van der Waals surface area contributed by atoms with Crippen molar-refractivity contribution in [2.45, 2.75) is 32.3 Å². The van der Waals surface area contributed by atoms with Crippen LogP contribution in [-0.4, -0.2) is 58.0 Å². The van der Waals surface area contributed by atoms with Gasteiger partial charge in [-0.25, -0.2) is 9.97 Å². The predicted molar refractivity (Wildman–Crippen MR) is 93.9 cm³/mol. The zero-order valence-electron chi connectivity index (χ0n) is 14.4. The van der Waals surface area contributed by atoms with Gasteiger partial charge in [0, 0.05) is 32.3 Å². The van der Waals surface area contributed by atoms with Crippen LogP contribution in [0.25, 0.3) is 0 Å². The van der Waals surface area contributed by atoms with Crippen LogP contribution >= 0.6 is 0 Å². The number of anilines is 1. The molecule has 2 aromatic heterocycles. The average molecular weight is 341 g/mol. The minimum absolute atomic E-state index is 0.00137. The Kier molecular flexibility index (Phi) is 4.29. The molecular weight excluding hydrogens is 318 g/mol. The second-order valence-corrected chi connectivity index (χ2v) is 6.68. The van der Waals surface area contributed by atoms with Crippen LogP contribution in [0.15, 0.2) is 24.5 Å². The molecule has 0 spiro atoms. The Morgan fingerprint density at radius 1 is 1.28 bits per heavy atom. The fraction of sp³-hybridized carbons (Fsp3) is 0.500. The first-order valence-corrected chi connectivity index (χ1v) is 8.88. The highest BCUT2D eigenvalue weighted by Crippen LogP contribution is 2.30. The molecule has 1 unspecified atom stereocenters. The van der Waals surface area contributed by atoms with Gasteiger partial charge in [0.2, 0.25) is 0 Å². The van der Waals surface area contributed by atoms with Crippen LogP contribution in [0, 0.1) is 6.92 Å². The summed E-state index contributed by atoms with van der Waals surface area (Å²) in [5.41, 5.74) is 0.539. The second-order valence-electron chi connectivity index (χ2n) is 6.68. The molecular formula is C18H23N5O2. The Bertz CT molecular complexity index is 753. The number of ether oxygens (including phenoxy) is 1. The number of pyridine rings is 1. The number of nitrogens with one attached hydrogen (secondary N) is 1. The first-order valence-electron chi connectivity index (χ1n) is 8.88. The molecule has 0 radical (unpaired) electrons. The third kappa shape index (κ3) is 3.31. The van der Waals surface area contributed by atoms with Crippen LogP contribution in [0.1, 0.15) is 35.6 Å². The minimum Gasteiger partial charge on any atom is -0.485 e. The van der Waals surface area contributed by atoms with E-state index in [1.54, 1.807) is 6.20 Å². The number of hydrogen-bond acceptors (Lipinski definition) is 5. The van der Waals surface area contributed by atoms with Crippen molar-refractivity contribution in [1.82, 2.24) is 19.9 Å². The van der Waals surface area contributed by atoms with Crippen LogP contribution in [0.5, 0.6) is 5.75 Å². The van der Waals surface area contributed by atoms with Gasteiger partial charge in [0.1, 0.15) is 17.6 Å². The number of amides is 1. The predicted octanol–water partition coefficient (Wildman–Crippen LogP) is 2.01. The Morgan fingerprint density at radius 2 is 2.12 bits per heavy atom. The van der Waals surface area contributed by atoms with E-state index in [-0.39, 0.29) is 12.0 Å². The fourth-order valence-corrected chi connectivity index (χ4v) is 3.53. The van der Waals surface area contributed by atoms with Gasteiger partial charge >= 0.3 is 0 Å². The first kappa shape index (κ1) is 15.9. The molecule has 2 fully saturated rings. The van der Waals surface area contributed by atoms with E-state index in [0.717, 1.165) is 36.9 Å². The average Bonchev–Trinajstić information content (AvgIpc) is 3.36. The molecule has 2 aliphatic heterocycles. The maximum absolute atomic E-state index is 12.5. The molecule has 0 bridgehead atoms. The number of imidazole rings is 1. The lowest BCUT2D eigenvalue weighted by Crippen LogP contribution is -2.31. The van der Waals surface area contributed by atoms with Crippen molar-refractivity contribution in [1.29, 1.82) is 0 Å². The molecule has 2 aliphatic rings. The molecule has 7 nitrogen and oxygen atoms in total. The molecule has 0 saturated carbocycles. The maximum atomic E-state index is 12.5. The fourth-order valence-electron chi connectivity index (χ4n) is 3.53. The SMILES string of the molecule is Cc1ncc(C(=O)N2CCC(Oc3cccnc3N3CCCC3)C2)[nH]1. The molecule has 7 heteroatoms. The summed E-state index contributed by atoms with van der Waals surface area (Å²) >= 11 is 0. The van der Waals surface area contributed by atoms with Crippen molar-refractivity contribution in [2.24, 2.45) is 0 Å². The summed E-state index contributed by atoms with van der Waals surface area (Å²) in [7, 11) is 0. The van der Waals surface area contributed by atoms with Gasteiger partial charge in [-0.05, 0) is 31.9 Å². The molecule has 0 aliphatic carbocycles. The van der Waals surface area contributed by atoms with Gasteiger partial charge in [-0.1, -0.05) is 0 Å². The lowest BCUT2D eigenvalue weighted by molar-refractivity contribution is 0.0767. The number of aryl methyl sites for hydroxylation is 1. The lowest BCUT2D eigenvalue weighted by atomic mass is 10.3. The van der Waals surface area contributed by atoms with E-state index >= 15 is 0 Å². The minimum atomic E-state index is -0.0161. The molecule has 1 N–H and O–H groups in total. The van der Waals surface area contributed by atoms with E-state index in [1.807, 2.05) is 30.2 Å². The highest BCUT2D eigenvalue weighted by atomic mass is 16.5. The third-order valence-electron chi connectivity index (χ3n) is 4.82. The standard InChI is InChI=1S/C18H23N5O2/c1-13-20-11-15(21-13)18(24)23-10-6-14(12-23)25-16-5-4-7-19-17(16)22-8-2-3-9-22/h4-5,7,11,14H,2-3,6,8-10,12H2,1H3,(H,20,21). The largest absolute Gasteiger partial charge is 0.485 e. The van der Waals surface area contributed by atoms with Crippen molar-refractivity contribution >= 4 is 11.7 Å². The van der Waals surface area contributed by atoms with E-state index in [1.165, 1.54) is 12.8 Å². The van der Waals surface area contributed by atoms with Crippen molar-refractivity contribution in [3.8, 4) is 5.75 Å². The van der Waals surface area contributed by atoms with Gasteiger partial charge in [0.15, 0.2) is 11.6 Å². The Morgan fingerprint density at radius 3 is 2.88 bits per heavy atom. The maximum Gasteiger partial charge on any atom is 0.272 e. The molecule has 4 heterocycles. The van der Waals surface area contributed by atoms with Gasteiger partial charge in [-0.3, -0.25) is 4.79 Å². The van der Waals surface area contributed by atoms with E-state index < -0.39 is 0 Å². The van der Waals surface area contributed by atoms with Crippen LogP contribution < -0.4 is 9.64 Å². The van der Waals surface area contributed by atoms with Gasteiger partial charge < -0.3 is 19.5 Å². The van der Waals surface area contributed by atoms with E-state index in [2.05, 4.69) is 19.9 Å². The second kappa shape index (κ2) is 6.74. The lowest BCUT2D eigenvalue weighted by Gasteiger charge is -2.22. The van der Waals surface area contributed by atoms with Crippen molar-refractivity contribution in [3.63, 3.8) is 0 Å². The van der Waals surface area contributed by atoms with Crippen molar-refractivity contribution in [3.05, 3.63) is 36.0 Å². The van der Waals surface area contributed by atoms with E-state index in [4.69, 9.17) is 4.74 Å². The third-order valence-corrected chi connectivity index (χ3v) is 4.82. The summed E-state index contributed by atoms with van der Waals surface area (Å²) in [5.74, 6) is 2.48. The van der Waals surface area contributed by atoms with Gasteiger partial charge in [-0.2, -0.15) is 0 Å². The van der Waals surface area contributed by atoms with Gasteiger partial charge in [0.25, 0.3) is 5.91 Å². The number of aromatic nitrogens is 3. The zero-order chi connectivity index (χ0) is 17.2. The van der Waals surface area contributed by atoms with Crippen LogP contribution in [0.2, 0.25) is 0 Å². The number of hydrogen-bond donors (Lipinski definition) is 1. The number of H-pyrrole nitrogens is 1. The highest BCUT2D eigenvalue weighted by Gasteiger charge is 2.30. The smallest absolute Gasteiger partial charge is 0.272 e. The van der Waals surface area contributed by atoms with Crippen LogP contribution in [0.3, 0.4) is 0 Å². The van der Waals surface area contributed by atoms with Gasteiger partial charge in [-0.15, -0.1) is 0 Å². The quantitative estimate of drug-likeness (QED) is 0.921. The Balaban J connectivity index is 1.42. The van der Waals surface area contributed by atoms with Crippen LogP contribution in [0.4, 0.5) is 5.82 Å². The summed E-state index contributed by atoms with van der Waals surface area (Å²) in [4.78, 5) is 28.2. The summed E-state index contributed by atoms with van der Waals surface area (Å²) in [6.45, 7) is 5.19.